The van der Waals surface area contributed by atoms with Crippen LogP contribution in [-0.2, 0) is 0 Å². The molecule has 0 saturated carbocycles. The van der Waals surface area contributed by atoms with Crippen LogP contribution in [0.4, 0.5) is 0 Å². The van der Waals surface area contributed by atoms with Crippen molar-refractivity contribution in [1.29, 1.82) is 0 Å². The lowest BCUT2D eigenvalue weighted by Gasteiger charge is -2.16. The highest BCUT2D eigenvalue weighted by Crippen LogP contribution is 2.20. The molecule has 0 aromatic carbocycles. The molecule has 0 radical (unpaired) electrons. The van der Waals surface area contributed by atoms with Crippen LogP contribution in [-0.4, -0.2) is 59.2 Å². The number of amides is 1. The number of pyridine rings is 1. The third-order valence-electron chi connectivity index (χ3n) is 3.89. The Kier molecular flexibility index (Phi) is 4.97. The number of hydrogen-bond acceptors (Lipinski definition) is 7. The predicted octanol–water partition coefficient (Wildman–Crippen LogP) is 1.49. The van der Waals surface area contributed by atoms with E-state index in [1.165, 1.54) is 20.3 Å². The maximum Gasteiger partial charge on any atom is 0.292 e. The first-order valence-electron chi connectivity index (χ1n) is 7.94. The number of nitrogens with zero attached hydrogens (tertiary/aromatic N) is 4. The predicted molar refractivity (Wildman–Crippen MR) is 89.0 cm³/mol. The van der Waals surface area contributed by atoms with E-state index in [9.17, 15) is 4.79 Å². The van der Waals surface area contributed by atoms with Gasteiger partial charge in [0.15, 0.2) is 0 Å². The lowest BCUT2D eigenvalue weighted by Crippen LogP contribution is -2.32. The molecule has 2 aromatic rings. The fourth-order valence-corrected chi connectivity index (χ4v) is 2.55. The van der Waals surface area contributed by atoms with E-state index < -0.39 is 0 Å². The lowest BCUT2D eigenvalue weighted by molar-refractivity contribution is 0.0757. The van der Waals surface area contributed by atoms with Gasteiger partial charge >= 0.3 is 0 Å². The zero-order chi connectivity index (χ0) is 17.8. The van der Waals surface area contributed by atoms with Crippen molar-refractivity contribution in [2.75, 3.05) is 27.3 Å². The average Bonchev–Trinajstić information content (AvgIpc) is 3.11. The second-order valence-electron chi connectivity index (χ2n) is 5.73. The fraction of sp³-hybridized carbons (Fsp3) is 0.412. The maximum atomic E-state index is 12.6. The lowest BCUT2D eigenvalue weighted by atomic mass is 10.3. The zero-order valence-corrected chi connectivity index (χ0v) is 14.4. The Balaban J connectivity index is 1.67. The summed E-state index contributed by atoms with van der Waals surface area (Å²) >= 11 is 0. The van der Waals surface area contributed by atoms with E-state index in [0.29, 0.717) is 19.0 Å². The molecule has 3 rings (SSSR count). The van der Waals surface area contributed by atoms with Gasteiger partial charge in [-0.25, -0.2) is 4.98 Å². The summed E-state index contributed by atoms with van der Waals surface area (Å²) in [6.07, 6.45) is 2.37. The molecule has 1 atom stereocenters. The van der Waals surface area contributed by atoms with Crippen molar-refractivity contribution in [3.8, 4) is 17.6 Å². The number of rotatable bonds is 5. The van der Waals surface area contributed by atoms with Crippen LogP contribution in [0, 0.1) is 6.92 Å². The van der Waals surface area contributed by atoms with Gasteiger partial charge in [-0.3, -0.25) is 4.79 Å². The van der Waals surface area contributed by atoms with Crippen LogP contribution in [0.2, 0.25) is 0 Å². The molecule has 8 nitrogen and oxygen atoms in total. The monoisotopic (exact) mass is 344 g/mol. The SMILES string of the molecule is COc1cc(OC)nc(C(=O)N2CC[C@H](Oc3ccc(C)cn3)C2)n1. The third kappa shape index (κ3) is 3.96. The molecule has 3 heterocycles. The van der Waals surface area contributed by atoms with Crippen LogP contribution in [0.3, 0.4) is 0 Å². The Hall–Kier alpha value is -2.90. The highest BCUT2D eigenvalue weighted by molar-refractivity contribution is 5.91. The van der Waals surface area contributed by atoms with Crippen molar-refractivity contribution in [2.45, 2.75) is 19.4 Å². The molecule has 132 valence electrons. The molecular formula is C17H20N4O4. The number of methoxy groups -OCH3 is 2. The van der Waals surface area contributed by atoms with Gasteiger partial charge in [0, 0.05) is 25.2 Å². The highest BCUT2D eigenvalue weighted by atomic mass is 16.5. The molecule has 0 spiro atoms. The minimum Gasteiger partial charge on any atom is -0.481 e. The zero-order valence-electron chi connectivity index (χ0n) is 14.4. The normalized spacial score (nSPS) is 16.6. The molecule has 0 aliphatic carbocycles. The third-order valence-corrected chi connectivity index (χ3v) is 3.89. The first-order chi connectivity index (χ1) is 12.1. The average molecular weight is 344 g/mol. The minimum absolute atomic E-state index is 0.0466. The van der Waals surface area contributed by atoms with Crippen molar-refractivity contribution in [1.82, 2.24) is 19.9 Å². The van der Waals surface area contributed by atoms with Gasteiger partial charge in [-0.15, -0.1) is 0 Å². The van der Waals surface area contributed by atoms with Crippen LogP contribution >= 0.6 is 0 Å². The molecule has 8 heteroatoms. The van der Waals surface area contributed by atoms with Gasteiger partial charge in [-0.2, -0.15) is 9.97 Å². The van der Waals surface area contributed by atoms with Crippen molar-refractivity contribution in [3.05, 3.63) is 35.8 Å². The van der Waals surface area contributed by atoms with Gasteiger partial charge in [-0.05, 0) is 12.5 Å². The smallest absolute Gasteiger partial charge is 0.292 e. The standard InChI is InChI=1S/C17H20N4O4/c1-11-4-5-13(18-9-11)25-12-6-7-21(10-12)17(22)16-19-14(23-2)8-15(20-16)24-3/h4-5,8-9,12H,6-7,10H2,1-3H3/t12-/m0/s1. The summed E-state index contributed by atoms with van der Waals surface area (Å²) in [4.78, 5) is 26.7. The Morgan fingerprint density at radius 3 is 2.48 bits per heavy atom. The van der Waals surface area contributed by atoms with Gasteiger partial charge < -0.3 is 19.1 Å². The maximum absolute atomic E-state index is 12.6. The molecule has 2 aromatic heterocycles. The molecule has 1 aliphatic rings. The van der Waals surface area contributed by atoms with E-state index in [1.54, 1.807) is 11.1 Å². The summed E-state index contributed by atoms with van der Waals surface area (Å²) < 4.78 is 16.0. The number of aromatic nitrogens is 3. The van der Waals surface area contributed by atoms with E-state index in [1.807, 2.05) is 19.1 Å². The molecule has 0 unspecified atom stereocenters. The van der Waals surface area contributed by atoms with Gasteiger partial charge in [0.25, 0.3) is 5.91 Å². The van der Waals surface area contributed by atoms with Crippen molar-refractivity contribution in [2.24, 2.45) is 0 Å². The molecule has 1 fully saturated rings. The van der Waals surface area contributed by atoms with E-state index >= 15 is 0 Å². The molecular weight excluding hydrogens is 324 g/mol. The molecule has 0 N–H and O–H groups in total. The van der Waals surface area contributed by atoms with Crippen LogP contribution < -0.4 is 14.2 Å². The van der Waals surface area contributed by atoms with Crippen molar-refractivity contribution < 1.29 is 19.0 Å². The summed E-state index contributed by atoms with van der Waals surface area (Å²) in [6, 6.07) is 5.29. The van der Waals surface area contributed by atoms with Crippen LogP contribution in [0.25, 0.3) is 0 Å². The number of ether oxygens (including phenoxy) is 3. The largest absolute Gasteiger partial charge is 0.481 e. The first kappa shape index (κ1) is 16.9. The molecule has 1 aliphatic heterocycles. The molecule has 1 amide bonds. The summed E-state index contributed by atoms with van der Waals surface area (Å²) in [5.74, 6) is 0.895. The second-order valence-corrected chi connectivity index (χ2v) is 5.73. The molecule has 25 heavy (non-hydrogen) atoms. The van der Waals surface area contributed by atoms with Gasteiger partial charge in [0.1, 0.15) is 6.10 Å². The summed E-state index contributed by atoms with van der Waals surface area (Å²) in [6.45, 7) is 2.99. The van der Waals surface area contributed by atoms with Crippen LogP contribution in [0.1, 0.15) is 22.6 Å². The number of carbonyl (C=O) groups excluding carboxylic acids is 1. The number of likely N-dealkylation sites (tertiary alicyclic amines) is 1. The van der Waals surface area contributed by atoms with E-state index in [0.717, 1.165) is 12.0 Å². The van der Waals surface area contributed by atoms with Crippen LogP contribution in [0.15, 0.2) is 24.4 Å². The summed E-state index contributed by atoms with van der Waals surface area (Å²) in [5, 5.41) is 0. The second kappa shape index (κ2) is 7.33. The minimum atomic E-state index is -0.278. The van der Waals surface area contributed by atoms with E-state index in [-0.39, 0.29) is 29.6 Å². The van der Waals surface area contributed by atoms with Gasteiger partial charge in [0.2, 0.25) is 23.5 Å². The van der Waals surface area contributed by atoms with Gasteiger partial charge in [-0.1, -0.05) is 6.07 Å². The summed E-state index contributed by atoms with van der Waals surface area (Å²) in [7, 11) is 2.95. The van der Waals surface area contributed by atoms with Crippen molar-refractivity contribution >= 4 is 5.91 Å². The summed E-state index contributed by atoms with van der Waals surface area (Å²) in [5.41, 5.74) is 1.07. The van der Waals surface area contributed by atoms with E-state index in [2.05, 4.69) is 15.0 Å². The number of carbonyl (C=O) groups is 1. The number of hydrogen-bond donors (Lipinski definition) is 0. The Labute approximate surface area is 145 Å². The Morgan fingerprint density at radius 1 is 1.16 bits per heavy atom. The van der Waals surface area contributed by atoms with Gasteiger partial charge in [0.05, 0.1) is 26.8 Å². The topological polar surface area (TPSA) is 86.7 Å². The molecule has 0 bridgehead atoms. The Bertz CT molecular complexity index is 729. The Morgan fingerprint density at radius 2 is 1.88 bits per heavy atom. The number of aryl methyl sites for hydroxylation is 1. The molecule has 1 saturated heterocycles. The highest BCUT2D eigenvalue weighted by Gasteiger charge is 2.30. The quantitative estimate of drug-likeness (QED) is 0.812. The van der Waals surface area contributed by atoms with Crippen LogP contribution in [0.5, 0.6) is 17.6 Å². The van der Waals surface area contributed by atoms with E-state index in [4.69, 9.17) is 14.2 Å². The first-order valence-corrected chi connectivity index (χ1v) is 7.94. The fourth-order valence-electron chi connectivity index (χ4n) is 2.55. The van der Waals surface area contributed by atoms with Crippen molar-refractivity contribution in [3.63, 3.8) is 0 Å².